The summed E-state index contributed by atoms with van der Waals surface area (Å²) in [6.45, 7) is 1.31. The van der Waals surface area contributed by atoms with E-state index >= 15 is 0 Å². The molecule has 1 saturated heterocycles. The van der Waals surface area contributed by atoms with Gasteiger partial charge in [0.25, 0.3) is 0 Å². The summed E-state index contributed by atoms with van der Waals surface area (Å²) in [4.78, 5) is 15.6. The zero-order valence-corrected chi connectivity index (χ0v) is 9.57. The van der Waals surface area contributed by atoms with E-state index < -0.39 is 6.10 Å². The van der Waals surface area contributed by atoms with E-state index in [1.54, 1.807) is 0 Å². The Morgan fingerprint density at radius 1 is 1.53 bits per heavy atom. The first kappa shape index (κ1) is 10.9. The van der Waals surface area contributed by atoms with Crippen molar-refractivity contribution in [1.82, 2.24) is 9.80 Å². The Labute approximate surface area is 90.9 Å². The van der Waals surface area contributed by atoms with Gasteiger partial charge in [-0.2, -0.15) is 0 Å². The highest BCUT2D eigenvalue weighted by Gasteiger charge is 2.43. The van der Waals surface area contributed by atoms with Gasteiger partial charge in [-0.3, -0.25) is 4.79 Å². The van der Waals surface area contributed by atoms with E-state index in [-0.39, 0.29) is 11.4 Å². The third-order valence-corrected chi connectivity index (χ3v) is 3.91. The number of aliphatic hydroxyl groups excluding tert-OH is 1. The number of rotatable bonds is 3. The van der Waals surface area contributed by atoms with Crippen molar-refractivity contribution in [2.45, 2.75) is 37.3 Å². The topological polar surface area (TPSA) is 43.8 Å². The molecule has 0 spiro atoms. The Morgan fingerprint density at radius 3 is 2.53 bits per heavy atom. The fraction of sp³-hybridized carbons (Fsp3) is 0.909. The number of likely N-dealkylation sites (N-methyl/N-ethyl adjacent to an activating group) is 1. The van der Waals surface area contributed by atoms with Crippen LogP contribution >= 0.6 is 0 Å². The lowest BCUT2D eigenvalue weighted by atomic mass is 9.75. The summed E-state index contributed by atoms with van der Waals surface area (Å²) in [5.41, 5.74) is 0.180. The lowest BCUT2D eigenvalue weighted by Crippen LogP contribution is -2.57. The minimum atomic E-state index is -0.447. The highest BCUT2D eigenvalue weighted by molar-refractivity contribution is 5.79. The molecular weight excluding hydrogens is 192 g/mol. The van der Waals surface area contributed by atoms with Gasteiger partial charge in [0, 0.05) is 18.6 Å². The molecule has 1 aliphatic carbocycles. The fourth-order valence-electron chi connectivity index (χ4n) is 2.59. The van der Waals surface area contributed by atoms with Crippen LogP contribution in [0.25, 0.3) is 0 Å². The number of carbonyl (C=O) groups excluding carboxylic acids is 1. The van der Waals surface area contributed by atoms with Crippen molar-refractivity contribution in [3.8, 4) is 0 Å². The van der Waals surface area contributed by atoms with E-state index in [2.05, 4.69) is 19.0 Å². The van der Waals surface area contributed by atoms with Crippen LogP contribution < -0.4 is 0 Å². The van der Waals surface area contributed by atoms with Crippen molar-refractivity contribution in [3.05, 3.63) is 0 Å². The van der Waals surface area contributed by atoms with Crippen molar-refractivity contribution in [1.29, 1.82) is 0 Å². The Bertz CT molecular complexity index is 261. The van der Waals surface area contributed by atoms with Gasteiger partial charge >= 0.3 is 0 Å². The van der Waals surface area contributed by atoms with E-state index in [0.29, 0.717) is 13.0 Å². The lowest BCUT2D eigenvalue weighted by Gasteiger charge is -2.49. The van der Waals surface area contributed by atoms with Gasteiger partial charge in [-0.25, -0.2) is 0 Å². The maximum atomic E-state index is 11.6. The zero-order valence-electron chi connectivity index (χ0n) is 9.57. The van der Waals surface area contributed by atoms with Crippen molar-refractivity contribution in [2.24, 2.45) is 0 Å². The molecule has 0 bridgehead atoms. The second kappa shape index (κ2) is 3.76. The molecule has 1 N–H and O–H groups in total. The quantitative estimate of drug-likeness (QED) is 0.719. The molecule has 0 aromatic heterocycles. The van der Waals surface area contributed by atoms with Gasteiger partial charge in [-0.1, -0.05) is 0 Å². The predicted octanol–water partition coefficient (Wildman–Crippen LogP) is 0.0639. The van der Waals surface area contributed by atoms with E-state index in [9.17, 15) is 9.90 Å². The Morgan fingerprint density at radius 2 is 2.20 bits per heavy atom. The SMILES string of the molecule is CN(C)C1(CN2CC(O)CC2=O)CCC1. The van der Waals surface area contributed by atoms with Crippen LogP contribution in [0.3, 0.4) is 0 Å². The Hall–Kier alpha value is -0.610. The number of amides is 1. The first-order valence-electron chi connectivity index (χ1n) is 5.67. The third kappa shape index (κ3) is 1.88. The summed E-state index contributed by atoms with van der Waals surface area (Å²) in [6.07, 6.45) is 3.45. The summed E-state index contributed by atoms with van der Waals surface area (Å²) < 4.78 is 0. The second-order valence-corrected chi connectivity index (χ2v) is 5.10. The average molecular weight is 212 g/mol. The monoisotopic (exact) mass is 212 g/mol. The van der Waals surface area contributed by atoms with Gasteiger partial charge in [0.2, 0.25) is 5.91 Å². The molecule has 1 heterocycles. The number of carbonyl (C=O) groups is 1. The smallest absolute Gasteiger partial charge is 0.225 e. The van der Waals surface area contributed by atoms with E-state index in [1.807, 2.05) is 4.90 Å². The predicted molar refractivity (Wildman–Crippen MR) is 57.5 cm³/mol. The van der Waals surface area contributed by atoms with E-state index in [0.717, 1.165) is 6.54 Å². The number of aliphatic hydroxyl groups is 1. The van der Waals surface area contributed by atoms with Crippen LogP contribution in [-0.2, 0) is 4.79 Å². The van der Waals surface area contributed by atoms with Crippen molar-refractivity contribution < 1.29 is 9.90 Å². The van der Waals surface area contributed by atoms with Gasteiger partial charge in [-0.05, 0) is 33.4 Å². The first-order valence-corrected chi connectivity index (χ1v) is 5.67. The lowest BCUT2D eigenvalue weighted by molar-refractivity contribution is -0.130. The molecule has 15 heavy (non-hydrogen) atoms. The average Bonchev–Trinajstić information content (AvgIpc) is 2.37. The van der Waals surface area contributed by atoms with Gasteiger partial charge in [0.1, 0.15) is 0 Å². The molecule has 1 amide bonds. The van der Waals surface area contributed by atoms with Crippen LogP contribution in [0.2, 0.25) is 0 Å². The first-order chi connectivity index (χ1) is 7.03. The number of β-amino-alcohol motifs (C(OH)–C–C–N with tert-alkyl or cyclic N) is 1. The number of nitrogens with zero attached hydrogens (tertiary/aromatic N) is 2. The Balaban J connectivity index is 1.98. The minimum absolute atomic E-state index is 0.107. The summed E-state index contributed by atoms with van der Waals surface area (Å²) in [5, 5.41) is 9.42. The van der Waals surface area contributed by atoms with Gasteiger partial charge in [0.15, 0.2) is 0 Å². The normalized spacial score (nSPS) is 29.7. The van der Waals surface area contributed by atoms with Crippen molar-refractivity contribution in [2.75, 3.05) is 27.2 Å². The van der Waals surface area contributed by atoms with Gasteiger partial charge < -0.3 is 14.9 Å². The van der Waals surface area contributed by atoms with E-state index in [1.165, 1.54) is 19.3 Å². The van der Waals surface area contributed by atoms with Crippen LogP contribution in [0.1, 0.15) is 25.7 Å². The molecule has 2 fully saturated rings. The zero-order chi connectivity index (χ0) is 11.1. The molecule has 1 aliphatic heterocycles. The van der Waals surface area contributed by atoms with Crippen LogP contribution in [0.4, 0.5) is 0 Å². The van der Waals surface area contributed by atoms with Crippen LogP contribution in [0, 0.1) is 0 Å². The molecule has 2 rings (SSSR count). The molecule has 4 heteroatoms. The maximum Gasteiger partial charge on any atom is 0.225 e. The molecule has 1 saturated carbocycles. The van der Waals surface area contributed by atoms with Crippen LogP contribution in [0.15, 0.2) is 0 Å². The van der Waals surface area contributed by atoms with Crippen molar-refractivity contribution >= 4 is 5.91 Å². The van der Waals surface area contributed by atoms with Crippen LogP contribution in [-0.4, -0.2) is 59.6 Å². The highest BCUT2D eigenvalue weighted by Crippen LogP contribution is 2.37. The molecule has 1 unspecified atom stereocenters. The summed E-state index contributed by atoms with van der Waals surface area (Å²) >= 11 is 0. The van der Waals surface area contributed by atoms with E-state index in [4.69, 9.17) is 0 Å². The summed E-state index contributed by atoms with van der Waals surface area (Å²) in [5.74, 6) is 0.107. The number of hydrogen-bond donors (Lipinski definition) is 1. The largest absolute Gasteiger partial charge is 0.391 e. The molecular formula is C11H20N2O2. The number of hydrogen-bond acceptors (Lipinski definition) is 3. The highest BCUT2D eigenvalue weighted by atomic mass is 16.3. The number of likely N-dealkylation sites (tertiary alicyclic amines) is 1. The Kier molecular flexibility index (Phi) is 2.73. The molecule has 0 aromatic rings. The van der Waals surface area contributed by atoms with Crippen molar-refractivity contribution in [3.63, 3.8) is 0 Å². The third-order valence-electron chi connectivity index (χ3n) is 3.91. The van der Waals surface area contributed by atoms with Gasteiger partial charge in [0.05, 0.1) is 12.5 Å². The fourth-order valence-corrected chi connectivity index (χ4v) is 2.59. The molecule has 2 aliphatic rings. The second-order valence-electron chi connectivity index (χ2n) is 5.10. The molecule has 0 aromatic carbocycles. The summed E-state index contributed by atoms with van der Waals surface area (Å²) in [7, 11) is 4.16. The molecule has 86 valence electrons. The van der Waals surface area contributed by atoms with Gasteiger partial charge in [-0.15, -0.1) is 0 Å². The minimum Gasteiger partial charge on any atom is -0.391 e. The molecule has 4 nitrogen and oxygen atoms in total. The maximum absolute atomic E-state index is 11.6. The summed E-state index contributed by atoms with van der Waals surface area (Å²) in [6, 6.07) is 0. The van der Waals surface area contributed by atoms with Crippen LogP contribution in [0.5, 0.6) is 0 Å². The standard InChI is InChI=1S/C11H20N2O2/c1-12(2)11(4-3-5-11)8-13-7-9(14)6-10(13)15/h9,14H,3-8H2,1-2H3. The molecule has 1 atom stereocenters. The molecule has 0 radical (unpaired) electrons.